The maximum atomic E-state index is 11.3. The summed E-state index contributed by atoms with van der Waals surface area (Å²) in [5.41, 5.74) is 2.59. The highest BCUT2D eigenvalue weighted by Gasteiger charge is 2.10. The average molecular weight is 208 g/mol. The molecular formula is C11H10ClNO. The first kappa shape index (κ1) is 9.28. The average Bonchev–Trinajstić information content (AvgIpc) is 2.44. The molecule has 3 heteroatoms. The Morgan fingerprint density at radius 1 is 1.43 bits per heavy atom. The molecule has 1 heterocycles. The van der Waals surface area contributed by atoms with Crippen LogP contribution in [0.1, 0.15) is 23.0 Å². The number of aromatic amines is 1. The first-order chi connectivity index (χ1) is 6.59. The van der Waals surface area contributed by atoms with E-state index in [-0.39, 0.29) is 5.78 Å². The lowest BCUT2D eigenvalue weighted by Crippen LogP contribution is -1.93. The Balaban J connectivity index is 2.80. The Hall–Kier alpha value is -1.28. The van der Waals surface area contributed by atoms with Gasteiger partial charge in [-0.3, -0.25) is 4.79 Å². The number of hydrogen-bond acceptors (Lipinski definition) is 1. The summed E-state index contributed by atoms with van der Waals surface area (Å²) in [7, 11) is 0. The number of aryl methyl sites for hydroxylation is 1. The van der Waals surface area contributed by atoms with Crippen molar-refractivity contribution in [3.05, 3.63) is 34.5 Å². The molecule has 1 N–H and O–H groups in total. The number of ketones is 1. The van der Waals surface area contributed by atoms with Crippen molar-refractivity contribution in [2.75, 3.05) is 0 Å². The van der Waals surface area contributed by atoms with Crippen LogP contribution in [0.5, 0.6) is 0 Å². The quantitative estimate of drug-likeness (QED) is 0.715. The van der Waals surface area contributed by atoms with Gasteiger partial charge in [0.1, 0.15) is 0 Å². The monoisotopic (exact) mass is 207 g/mol. The predicted molar refractivity (Wildman–Crippen MR) is 58.1 cm³/mol. The van der Waals surface area contributed by atoms with Gasteiger partial charge in [0.2, 0.25) is 0 Å². The summed E-state index contributed by atoms with van der Waals surface area (Å²) < 4.78 is 0. The van der Waals surface area contributed by atoms with Crippen LogP contribution in [0.2, 0.25) is 5.02 Å². The van der Waals surface area contributed by atoms with Crippen LogP contribution in [0.4, 0.5) is 0 Å². The normalized spacial score (nSPS) is 10.8. The molecule has 0 bridgehead atoms. The molecule has 2 nitrogen and oxygen atoms in total. The number of fused-ring (bicyclic) bond motifs is 1. The zero-order valence-electron chi connectivity index (χ0n) is 8.02. The van der Waals surface area contributed by atoms with Crippen LogP contribution in [-0.4, -0.2) is 10.8 Å². The lowest BCUT2D eigenvalue weighted by Gasteiger charge is -1.92. The Kier molecular flexibility index (Phi) is 2.08. The third-order valence-corrected chi connectivity index (χ3v) is 2.61. The number of H-pyrrole nitrogens is 1. The fourth-order valence-electron chi connectivity index (χ4n) is 1.65. The van der Waals surface area contributed by atoms with Gasteiger partial charge in [0.15, 0.2) is 5.78 Å². The van der Waals surface area contributed by atoms with E-state index in [0.29, 0.717) is 10.7 Å². The number of aromatic nitrogens is 1. The second-order valence-corrected chi connectivity index (χ2v) is 3.81. The van der Waals surface area contributed by atoms with Crippen molar-refractivity contribution in [2.45, 2.75) is 13.8 Å². The lowest BCUT2D eigenvalue weighted by molar-refractivity contribution is 0.101. The molecule has 1 aromatic carbocycles. The molecule has 14 heavy (non-hydrogen) atoms. The van der Waals surface area contributed by atoms with Crippen molar-refractivity contribution in [1.29, 1.82) is 0 Å². The zero-order chi connectivity index (χ0) is 10.3. The van der Waals surface area contributed by atoms with Gasteiger partial charge in [-0.05, 0) is 30.7 Å². The third kappa shape index (κ3) is 1.32. The lowest BCUT2D eigenvalue weighted by atomic mass is 10.1. The summed E-state index contributed by atoms with van der Waals surface area (Å²) in [5.74, 6) is 0.0508. The second kappa shape index (κ2) is 3.14. The largest absolute Gasteiger partial charge is 0.352 e. The van der Waals surface area contributed by atoms with E-state index in [2.05, 4.69) is 4.98 Å². The van der Waals surface area contributed by atoms with E-state index in [1.807, 2.05) is 25.1 Å². The summed E-state index contributed by atoms with van der Waals surface area (Å²) in [5, 5.41) is 1.71. The molecular weight excluding hydrogens is 198 g/mol. The summed E-state index contributed by atoms with van der Waals surface area (Å²) in [4.78, 5) is 14.3. The van der Waals surface area contributed by atoms with Gasteiger partial charge in [-0.25, -0.2) is 0 Å². The SMILES string of the molecule is CC(=O)c1[nH]c2ccc(Cl)cc2c1C. The summed E-state index contributed by atoms with van der Waals surface area (Å²) in [6, 6.07) is 5.57. The molecule has 0 saturated carbocycles. The minimum Gasteiger partial charge on any atom is -0.352 e. The van der Waals surface area contributed by atoms with Crippen LogP contribution in [0.3, 0.4) is 0 Å². The molecule has 2 aromatic rings. The Morgan fingerprint density at radius 2 is 2.14 bits per heavy atom. The number of benzene rings is 1. The minimum atomic E-state index is 0.0508. The Morgan fingerprint density at radius 3 is 2.79 bits per heavy atom. The highest BCUT2D eigenvalue weighted by Crippen LogP contribution is 2.24. The van der Waals surface area contributed by atoms with Crippen molar-refractivity contribution in [3.63, 3.8) is 0 Å². The number of Topliss-reactive ketones (excluding diaryl/α,β-unsaturated/α-hetero) is 1. The topological polar surface area (TPSA) is 32.9 Å². The van der Waals surface area contributed by atoms with Gasteiger partial charge in [-0.1, -0.05) is 11.6 Å². The molecule has 0 unspecified atom stereocenters. The van der Waals surface area contributed by atoms with Crippen molar-refractivity contribution < 1.29 is 4.79 Å². The highest BCUT2D eigenvalue weighted by atomic mass is 35.5. The van der Waals surface area contributed by atoms with Gasteiger partial charge in [0, 0.05) is 22.8 Å². The van der Waals surface area contributed by atoms with Gasteiger partial charge < -0.3 is 4.98 Å². The molecule has 0 spiro atoms. The third-order valence-electron chi connectivity index (χ3n) is 2.37. The van der Waals surface area contributed by atoms with Gasteiger partial charge in [0.05, 0.1) is 5.69 Å². The second-order valence-electron chi connectivity index (χ2n) is 3.37. The van der Waals surface area contributed by atoms with Crippen LogP contribution >= 0.6 is 11.6 Å². The zero-order valence-corrected chi connectivity index (χ0v) is 8.77. The summed E-state index contributed by atoms with van der Waals surface area (Å²) in [6.45, 7) is 3.48. The van der Waals surface area contributed by atoms with Crippen LogP contribution in [0.25, 0.3) is 10.9 Å². The van der Waals surface area contributed by atoms with Crippen LogP contribution in [0.15, 0.2) is 18.2 Å². The van der Waals surface area contributed by atoms with Gasteiger partial charge in [-0.2, -0.15) is 0 Å². The van der Waals surface area contributed by atoms with Gasteiger partial charge >= 0.3 is 0 Å². The first-order valence-corrected chi connectivity index (χ1v) is 4.76. The van der Waals surface area contributed by atoms with Gasteiger partial charge in [0.25, 0.3) is 0 Å². The maximum Gasteiger partial charge on any atom is 0.176 e. The van der Waals surface area contributed by atoms with Crippen LogP contribution in [0, 0.1) is 6.92 Å². The minimum absolute atomic E-state index is 0.0508. The number of nitrogens with one attached hydrogen (secondary N) is 1. The van der Waals surface area contributed by atoms with E-state index in [1.165, 1.54) is 0 Å². The Bertz CT molecular complexity index is 513. The van der Waals surface area contributed by atoms with Gasteiger partial charge in [-0.15, -0.1) is 0 Å². The summed E-state index contributed by atoms with van der Waals surface area (Å²) >= 11 is 5.88. The Labute approximate surface area is 86.9 Å². The van der Waals surface area contributed by atoms with Crippen molar-refractivity contribution in [2.24, 2.45) is 0 Å². The molecule has 1 aromatic heterocycles. The predicted octanol–water partition coefficient (Wildman–Crippen LogP) is 3.33. The smallest absolute Gasteiger partial charge is 0.176 e. The standard InChI is InChI=1S/C11H10ClNO/c1-6-9-5-8(12)3-4-10(9)13-11(6)7(2)14/h3-5,13H,1-2H3. The molecule has 0 aliphatic rings. The molecule has 0 amide bonds. The van der Waals surface area contributed by atoms with E-state index in [4.69, 9.17) is 11.6 Å². The molecule has 0 aliphatic heterocycles. The molecule has 0 fully saturated rings. The van der Waals surface area contributed by atoms with Crippen molar-refractivity contribution >= 4 is 28.3 Å². The molecule has 0 atom stereocenters. The maximum absolute atomic E-state index is 11.3. The number of rotatable bonds is 1. The molecule has 72 valence electrons. The number of carbonyl (C=O) groups is 1. The van der Waals surface area contributed by atoms with E-state index >= 15 is 0 Å². The number of hydrogen-bond donors (Lipinski definition) is 1. The highest BCUT2D eigenvalue weighted by molar-refractivity contribution is 6.31. The fourth-order valence-corrected chi connectivity index (χ4v) is 1.82. The van der Waals surface area contributed by atoms with E-state index < -0.39 is 0 Å². The van der Waals surface area contributed by atoms with Crippen molar-refractivity contribution in [1.82, 2.24) is 4.98 Å². The van der Waals surface area contributed by atoms with Crippen LogP contribution < -0.4 is 0 Å². The molecule has 0 aliphatic carbocycles. The molecule has 2 rings (SSSR count). The first-order valence-electron chi connectivity index (χ1n) is 4.38. The van der Waals surface area contributed by atoms with E-state index in [0.717, 1.165) is 16.5 Å². The van der Waals surface area contributed by atoms with Crippen LogP contribution in [-0.2, 0) is 0 Å². The van der Waals surface area contributed by atoms with E-state index in [1.54, 1.807) is 6.92 Å². The summed E-state index contributed by atoms with van der Waals surface area (Å²) in [6.07, 6.45) is 0. The van der Waals surface area contributed by atoms with E-state index in [9.17, 15) is 4.79 Å². The molecule has 0 radical (unpaired) electrons. The van der Waals surface area contributed by atoms with Crippen molar-refractivity contribution in [3.8, 4) is 0 Å². The number of halogens is 1. The number of carbonyl (C=O) groups excluding carboxylic acids is 1. The molecule has 0 saturated heterocycles. The fraction of sp³-hybridized carbons (Fsp3) is 0.182.